The second-order valence-electron chi connectivity index (χ2n) is 11.3. The quantitative estimate of drug-likeness (QED) is 0.195. The third-order valence-corrected chi connectivity index (χ3v) is 8.97. The minimum atomic E-state index is 1.17. The maximum absolute atomic E-state index is 2.45. The molecule has 0 N–H and O–H groups in total. The highest BCUT2D eigenvalue weighted by Gasteiger charge is 2.22. The molecule has 0 fully saturated rings. The van der Waals surface area contributed by atoms with E-state index in [4.69, 9.17) is 0 Å². The molecular weight excluding hydrogens is 518 g/mol. The molecular formula is C42H27N. The summed E-state index contributed by atoms with van der Waals surface area (Å²) in [6.45, 7) is 0. The maximum Gasteiger partial charge on any atom is 0.0619 e. The van der Waals surface area contributed by atoms with Gasteiger partial charge in [-0.3, -0.25) is 0 Å². The molecule has 0 bridgehead atoms. The highest BCUT2D eigenvalue weighted by Crippen LogP contribution is 2.47. The average molecular weight is 546 g/mol. The van der Waals surface area contributed by atoms with Crippen LogP contribution in [0, 0.1) is 0 Å². The second kappa shape index (κ2) is 9.44. The number of nitrogens with zero attached hydrogens (tertiary/aromatic N) is 1. The number of benzene rings is 8. The molecule has 1 heteroatoms. The first-order valence-corrected chi connectivity index (χ1v) is 14.9. The standard InChI is InChI=1S/C42H27N/c1-2-16-29(17-3-1)43-39-27-11-10-19-31(39)37-25-13-26-38(42(37)43)41-35-22-8-6-20-33(35)40(34-21-7-9-23-36(34)41)32-24-12-15-28-14-4-5-18-30(28)32/h1-27H. The molecule has 8 aromatic carbocycles. The molecule has 0 unspecified atom stereocenters. The van der Waals surface area contributed by atoms with E-state index in [0.717, 1.165) is 0 Å². The lowest BCUT2D eigenvalue weighted by molar-refractivity contribution is 1.18. The van der Waals surface area contributed by atoms with Gasteiger partial charge in [0, 0.05) is 22.0 Å². The van der Waals surface area contributed by atoms with Gasteiger partial charge in [0.05, 0.1) is 11.0 Å². The summed E-state index contributed by atoms with van der Waals surface area (Å²) in [5, 5.41) is 10.1. The molecule has 0 aliphatic carbocycles. The molecule has 200 valence electrons. The van der Waals surface area contributed by atoms with Gasteiger partial charge in [-0.15, -0.1) is 0 Å². The van der Waals surface area contributed by atoms with Gasteiger partial charge in [-0.05, 0) is 67.2 Å². The fraction of sp³-hybridized carbons (Fsp3) is 0. The van der Waals surface area contributed by atoms with E-state index in [2.05, 4.69) is 168 Å². The molecule has 1 nitrogen and oxygen atoms in total. The van der Waals surface area contributed by atoms with Gasteiger partial charge in [0.15, 0.2) is 0 Å². The van der Waals surface area contributed by atoms with E-state index >= 15 is 0 Å². The molecule has 1 aromatic heterocycles. The van der Waals surface area contributed by atoms with Crippen LogP contribution in [0.5, 0.6) is 0 Å². The molecule has 0 saturated heterocycles. The van der Waals surface area contributed by atoms with Gasteiger partial charge in [-0.2, -0.15) is 0 Å². The van der Waals surface area contributed by atoms with E-state index in [1.165, 1.54) is 82.1 Å². The van der Waals surface area contributed by atoms with Gasteiger partial charge >= 0.3 is 0 Å². The summed E-state index contributed by atoms with van der Waals surface area (Å²) in [4.78, 5) is 0. The predicted molar refractivity (Wildman–Crippen MR) is 184 cm³/mol. The van der Waals surface area contributed by atoms with Crippen LogP contribution in [0.3, 0.4) is 0 Å². The molecule has 0 aliphatic heterocycles. The van der Waals surface area contributed by atoms with Crippen LogP contribution in [0.15, 0.2) is 164 Å². The number of aromatic nitrogens is 1. The smallest absolute Gasteiger partial charge is 0.0619 e. The first kappa shape index (κ1) is 24.0. The van der Waals surface area contributed by atoms with Crippen LogP contribution < -0.4 is 0 Å². The van der Waals surface area contributed by atoms with Crippen molar-refractivity contribution in [1.82, 2.24) is 4.57 Å². The fourth-order valence-electron chi connectivity index (χ4n) is 7.22. The van der Waals surface area contributed by atoms with E-state index in [9.17, 15) is 0 Å². The summed E-state index contributed by atoms with van der Waals surface area (Å²) in [5.41, 5.74) is 8.72. The molecule has 1 heterocycles. The van der Waals surface area contributed by atoms with Crippen LogP contribution in [0.1, 0.15) is 0 Å². The minimum absolute atomic E-state index is 1.17. The van der Waals surface area contributed by atoms with Crippen LogP contribution in [0.4, 0.5) is 0 Å². The number of rotatable bonds is 3. The van der Waals surface area contributed by atoms with Gasteiger partial charge in [-0.25, -0.2) is 0 Å². The Morgan fingerprint density at radius 3 is 1.47 bits per heavy atom. The third-order valence-electron chi connectivity index (χ3n) is 8.97. The Morgan fingerprint density at radius 1 is 0.302 bits per heavy atom. The van der Waals surface area contributed by atoms with Crippen molar-refractivity contribution in [3.8, 4) is 27.9 Å². The molecule has 0 atom stereocenters. The fourth-order valence-corrected chi connectivity index (χ4v) is 7.22. The molecule has 0 amide bonds. The molecule has 9 aromatic rings. The largest absolute Gasteiger partial charge is 0.309 e. The normalized spacial score (nSPS) is 11.7. The van der Waals surface area contributed by atoms with E-state index in [1.54, 1.807) is 0 Å². The van der Waals surface area contributed by atoms with Crippen molar-refractivity contribution in [2.75, 3.05) is 0 Å². The van der Waals surface area contributed by atoms with Crippen molar-refractivity contribution in [2.45, 2.75) is 0 Å². The molecule has 0 radical (unpaired) electrons. The second-order valence-corrected chi connectivity index (χ2v) is 11.3. The Kier molecular flexibility index (Phi) is 5.27. The van der Waals surface area contributed by atoms with Crippen molar-refractivity contribution < 1.29 is 0 Å². The van der Waals surface area contributed by atoms with Crippen LogP contribution in [-0.4, -0.2) is 4.57 Å². The van der Waals surface area contributed by atoms with E-state index in [0.29, 0.717) is 0 Å². The summed E-state index contributed by atoms with van der Waals surface area (Å²) < 4.78 is 2.45. The van der Waals surface area contributed by atoms with Gasteiger partial charge in [0.1, 0.15) is 0 Å². The highest BCUT2D eigenvalue weighted by molar-refractivity contribution is 6.26. The molecule has 0 aliphatic rings. The average Bonchev–Trinajstić information content (AvgIpc) is 3.42. The van der Waals surface area contributed by atoms with Crippen molar-refractivity contribution in [3.05, 3.63) is 164 Å². The Hall–Kier alpha value is -5.66. The third kappa shape index (κ3) is 3.52. The van der Waals surface area contributed by atoms with E-state index in [-0.39, 0.29) is 0 Å². The molecule has 0 spiro atoms. The van der Waals surface area contributed by atoms with Crippen molar-refractivity contribution in [1.29, 1.82) is 0 Å². The van der Waals surface area contributed by atoms with Crippen LogP contribution in [0.25, 0.3) is 82.1 Å². The lowest BCUT2D eigenvalue weighted by Crippen LogP contribution is -1.96. The van der Waals surface area contributed by atoms with E-state index in [1.807, 2.05) is 0 Å². The van der Waals surface area contributed by atoms with Gasteiger partial charge in [0.2, 0.25) is 0 Å². The van der Waals surface area contributed by atoms with Crippen molar-refractivity contribution in [3.63, 3.8) is 0 Å². The number of fused-ring (bicyclic) bond motifs is 6. The van der Waals surface area contributed by atoms with Crippen molar-refractivity contribution in [2.24, 2.45) is 0 Å². The summed E-state index contributed by atoms with van der Waals surface area (Å²) in [7, 11) is 0. The molecule has 43 heavy (non-hydrogen) atoms. The Labute approximate surface area is 249 Å². The number of hydrogen-bond acceptors (Lipinski definition) is 0. The Morgan fingerprint density at radius 2 is 0.767 bits per heavy atom. The topological polar surface area (TPSA) is 4.93 Å². The summed E-state index contributed by atoms with van der Waals surface area (Å²) in [6, 6.07) is 59.7. The number of para-hydroxylation sites is 3. The van der Waals surface area contributed by atoms with Crippen LogP contribution >= 0.6 is 0 Å². The monoisotopic (exact) mass is 545 g/mol. The first-order chi connectivity index (χ1) is 21.4. The summed E-state index contributed by atoms with van der Waals surface area (Å²) in [5.74, 6) is 0. The first-order valence-electron chi connectivity index (χ1n) is 14.9. The lowest BCUT2D eigenvalue weighted by Gasteiger charge is -2.20. The highest BCUT2D eigenvalue weighted by atomic mass is 15.0. The van der Waals surface area contributed by atoms with Crippen LogP contribution in [-0.2, 0) is 0 Å². The predicted octanol–water partition coefficient (Wildman–Crippen LogP) is 11.6. The zero-order valence-electron chi connectivity index (χ0n) is 23.5. The van der Waals surface area contributed by atoms with Crippen LogP contribution in [0.2, 0.25) is 0 Å². The van der Waals surface area contributed by atoms with Gasteiger partial charge < -0.3 is 4.57 Å². The van der Waals surface area contributed by atoms with Gasteiger partial charge in [-0.1, -0.05) is 146 Å². The number of hydrogen-bond donors (Lipinski definition) is 0. The van der Waals surface area contributed by atoms with E-state index < -0.39 is 0 Å². The molecule has 9 rings (SSSR count). The Bertz CT molecular complexity index is 2440. The summed E-state index contributed by atoms with van der Waals surface area (Å²) >= 11 is 0. The van der Waals surface area contributed by atoms with Gasteiger partial charge in [0.25, 0.3) is 0 Å². The Balaban J connectivity index is 1.48. The maximum atomic E-state index is 2.45. The molecule has 0 saturated carbocycles. The zero-order chi connectivity index (χ0) is 28.3. The summed E-state index contributed by atoms with van der Waals surface area (Å²) in [6.07, 6.45) is 0. The lowest BCUT2D eigenvalue weighted by atomic mass is 9.84. The SMILES string of the molecule is c1ccc(-n2c3ccccc3c3cccc(-c4c5ccccc5c(-c5cccc6ccccc56)c5ccccc45)c32)cc1. The zero-order valence-corrected chi connectivity index (χ0v) is 23.5. The minimum Gasteiger partial charge on any atom is -0.309 e. The van der Waals surface area contributed by atoms with Crippen molar-refractivity contribution >= 4 is 54.1 Å².